The highest BCUT2D eigenvalue weighted by molar-refractivity contribution is 4.87. The largest absolute Gasteiger partial charge is 0.329 e. The normalized spacial score (nSPS) is 14.6. The third kappa shape index (κ3) is 3.92. The molecule has 0 spiro atoms. The molecule has 2 N–H and O–H groups in total. The molecule has 0 aromatic rings. The molecular formula is C11H24N2. The first-order chi connectivity index (χ1) is 5.97. The molecule has 0 heterocycles. The van der Waals surface area contributed by atoms with Gasteiger partial charge < -0.3 is 5.73 Å². The van der Waals surface area contributed by atoms with Gasteiger partial charge in [-0.05, 0) is 27.2 Å². The molecule has 2 nitrogen and oxygen atoms in total. The van der Waals surface area contributed by atoms with Gasteiger partial charge in [-0.2, -0.15) is 0 Å². The Morgan fingerprint density at radius 1 is 1.46 bits per heavy atom. The van der Waals surface area contributed by atoms with Gasteiger partial charge in [0.2, 0.25) is 0 Å². The fourth-order valence-corrected chi connectivity index (χ4v) is 1.62. The van der Waals surface area contributed by atoms with Crippen LogP contribution in [0.1, 0.15) is 34.1 Å². The molecule has 0 amide bonds. The summed E-state index contributed by atoms with van der Waals surface area (Å²) in [5.41, 5.74) is 5.91. The van der Waals surface area contributed by atoms with Crippen LogP contribution in [-0.2, 0) is 0 Å². The number of nitrogens with zero attached hydrogens (tertiary/aromatic N) is 1. The molecule has 13 heavy (non-hydrogen) atoms. The Kier molecular flexibility index (Phi) is 5.26. The van der Waals surface area contributed by atoms with E-state index in [4.69, 9.17) is 5.73 Å². The topological polar surface area (TPSA) is 29.3 Å². The van der Waals surface area contributed by atoms with Crippen LogP contribution < -0.4 is 5.73 Å². The Balaban J connectivity index is 4.47. The minimum absolute atomic E-state index is 0.175. The molecule has 0 aromatic heterocycles. The second-order valence-corrected chi connectivity index (χ2v) is 4.41. The zero-order chi connectivity index (χ0) is 10.5. The molecule has 1 atom stereocenters. The quantitative estimate of drug-likeness (QED) is 0.662. The molecule has 0 bridgehead atoms. The SMILES string of the molecule is C=CCN(C(CC)CN)C(C)(C)C. The molecule has 0 saturated carbocycles. The van der Waals surface area contributed by atoms with Crippen molar-refractivity contribution in [3.8, 4) is 0 Å². The average molecular weight is 184 g/mol. The summed E-state index contributed by atoms with van der Waals surface area (Å²) in [7, 11) is 0. The summed E-state index contributed by atoms with van der Waals surface area (Å²) in [6, 6.07) is 0.470. The molecular weight excluding hydrogens is 160 g/mol. The zero-order valence-electron chi connectivity index (χ0n) is 9.51. The monoisotopic (exact) mass is 184 g/mol. The molecule has 78 valence electrons. The molecule has 0 fully saturated rings. The molecule has 0 aliphatic heterocycles. The maximum atomic E-state index is 5.74. The minimum Gasteiger partial charge on any atom is -0.329 e. The van der Waals surface area contributed by atoms with Crippen molar-refractivity contribution in [1.82, 2.24) is 4.90 Å². The van der Waals surface area contributed by atoms with Crippen LogP contribution in [0.25, 0.3) is 0 Å². The summed E-state index contributed by atoms with van der Waals surface area (Å²) in [5, 5.41) is 0. The molecule has 0 aliphatic carbocycles. The van der Waals surface area contributed by atoms with E-state index in [1.54, 1.807) is 0 Å². The van der Waals surface area contributed by atoms with Gasteiger partial charge in [-0.3, -0.25) is 4.90 Å². The zero-order valence-corrected chi connectivity index (χ0v) is 9.51. The predicted octanol–water partition coefficient (Wildman–Crippen LogP) is 2.01. The Morgan fingerprint density at radius 2 is 2.00 bits per heavy atom. The fourth-order valence-electron chi connectivity index (χ4n) is 1.62. The van der Waals surface area contributed by atoms with Crippen LogP contribution in [-0.4, -0.2) is 29.6 Å². The summed E-state index contributed by atoms with van der Waals surface area (Å²) in [6.45, 7) is 14.3. The smallest absolute Gasteiger partial charge is 0.0224 e. The Bertz CT molecular complexity index is 143. The van der Waals surface area contributed by atoms with Crippen molar-refractivity contribution in [1.29, 1.82) is 0 Å². The summed E-state index contributed by atoms with van der Waals surface area (Å²) in [4.78, 5) is 2.40. The van der Waals surface area contributed by atoms with Crippen molar-refractivity contribution < 1.29 is 0 Å². The van der Waals surface area contributed by atoms with Gasteiger partial charge in [-0.15, -0.1) is 6.58 Å². The number of hydrogen-bond acceptors (Lipinski definition) is 2. The average Bonchev–Trinajstić information content (AvgIpc) is 2.03. The first kappa shape index (κ1) is 12.7. The molecule has 0 aliphatic rings. The molecule has 2 heteroatoms. The summed E-state index contributed by atoms with van der Waals surface area (Å²) < 4.78 is 0. The van der Waals surface area contributed by atoms with E-state index in [0.717, 1.165) is 19.5 Å². The first-order valence-electron chi connectivity index (χ1n) is 5.05. The lowest BCUT2D eigenvalue weighted by atomic mass is 10.0. The first-order valence-corrected chi connectivity index (χ1v) is 5.05. The van der Waals surface area contributed by atoms with Gasteiger partial charge in [-0.1, -0.05) is 13.0 Å². The third-order valence-electron chi connectivity index (χ3n) is 2.37. The van der Waals surface area contributed by atoms with Crippen LogP contribution >= 0.6 is 0 Å². The van der Waals surface area contributed by atoms with E-state index in [9.17, 15) is 0 Å². The highest BCUT2D eigenvalue weighted by Crippen LogP contribution is 2.17. The lowest BCUT2D eigenvalue weighted by Crippen LogP contribution is -2.50. The maximum Gasteiger partial charge on any atom is 0.0224 e. The van der Waals surface area contributed by atoms with Crippen LogP contribution in [0.3, 0.4) is 0 Å². The Hall–Kier alpha value is -0.340. The number of hydrogen-bond donors (Lipinski definition) is 1. The van der Waals surface area contributed by atoms with Gasteiger partial charge in [0.25, 0.3) is 0 Å². The van der Waals surface area contributed by atoms with E-state index in [2.05, 4.69) is 39.2 Å². The van der Waals surface area contributed by atoms with Gasteiger partial charge in [0.1, 0.15) is 0 Å². The van der Waals surface area contributed by atoms with Crippen molar-refractivity contribution in [3.63, 3.8) is 0 Å². The second kappa shape index (κ2) is 5.40. The van der Waals surface area contributed by atoms with Gasteiger partial charge >= 0.3 is 0 Å². The van der Waals surface area contributed by atoms with Gasteiger partial charge in [0.05, 0.1) is 0 Å². The van der Waals surface area contributed by atoms with Crippen molar-refractivity contribution in [2.45, 2.75) is 45.7 Å². The predicted molar refractivity (Wildman–Crippen MR) is 59.8 cm³/mol. The van der Waals surface area contributed by atoms with E-state index >= 15 is 0 Å². The van der Waals surface area contributed by atoms with Crippen LogP contribution in [0, 0.1) is 0 Å². The van der Waals surface area contributed by atoms with Crippen molar-refractivity contribution in [2.75, 3.05) is 13.1 Å². The van der Waals surface area contributed by atoms with Gasteiger partial charge in [0.15, 0.2) is 0 Å². The van der Waals surface area contributed by atoms with Gasteiger partial charge in [0, 0.05) is 24.7 Å². The van der Waals surface area contributed by atoms with Gasteiger partial charge in [-0.25, -0.2) is 0 Å². The van der Waals surface area contributed by atoms with Crippen LogP contribution in [0.5, 0.6) is 0 Å². The van der Waals surface area contributed by atoms with Crippen molar-refractivity contribution in [2.24, 2.45) is 5.73 Å². The van der Waals surface area contributed by atoms with E-state index in [1.807, 2.05) is 6.08 Å². The summed E-state index contributed by atoms with van der Waals surface area (Å²) in [5.74, 6) is 0. The molecule has 0 radical (unpaired) electrons. The number of rotatable bonds is 5. The van der Waals surface area contributed by atoms with E-state index in [1.165, 1.54) is 0 Å². The van der Waals surface area contributed by atoms with Crippen LogP contribution in [0.4, 0.5) is 0 Å². The van der Waals surface area contributed by atoms with E-state index < -0.39 is 0 Å². The maximum absolute atomic E-state index is 5.74. The van der Waals surface area contributed by atoms with Crippen molar-refractivity contribution >= 4 is 0 Å². The molecule has 0 aromatic carbocycles. The number of nitrogens with two attached hydrogens (primary N) is 1. The molecule has 1 unspecified atom stereocenters. The van der Waals surface area contributed by atoms with E-state index in [-0.39, 0.29) is 5.54 Å². The second-order valence-electron chi connectivity index (χ2n) is 4.41. The fraction of sp³-hybridized carbons (Fsp3) is 0.818. The Labute approximate surface area is 82.8 Å². The standard InChI is InChI=1S/C11H24N2/c1-6-8-13(11(3,4)5)10(7-2)9-12/h6,10H,1,7-9,12H2,2-5H3. The summed E-state index contributed by atoms with van der Waals surface area (Å²) in [6.07, 6.45) is 3.05. The van der Waals surface area contributed by atoms with Crippen molar-refractivity contribution in [3.05, 3.63) is 12.7 Å². The lowest BCUT2D eigenvalue weighted by Gasteiger charge is -2.40. The van der Waals surface area contributed by atoms with E-state index in [0.29, 0.717) is 6.04 Å². The summed E-state index contributed by atoms with van der Waals surface area (Å²) >= 11 is 0. The minimum atomic E-state index is 0.175. The Morgan fingerprint density at radius 3 is 2.23 bits per heavy atom. The van der Waals surface area contributed by atoms with Crippen LogP contribution in [0.15, 0.2) is 12.7 Å². The lowest BCUT2D eigenvalue weighted by molar-refractivity contribution is 0.0979. The third-order valence-corrected chi connectivity index (χ3v) is 2.37. The highest BCUT2D eigenvalue weighted by Gasteiger charge is 2.25. The van der Waals surface area contributed by atoms with Crippen LogP contribution in [0.2, 0.25) is 0 Å². The highest BCUT2D eigenvalue weighted by atomic mass is 15.2. The molecule has 0 saturated heterocycles. The molecule has 0 rings (SSSR count).